The topological polar surface area (TPSA) is 74.4 Å². The van der Waals surface area contributed by atoms with E-state index in [1.807, 2.05) is 13.8 Å². The zero-order valence-electron chi connectivity index (χ0n) is 15.3. The average Bonchev–Trinajstić information content (AvgIpc) is 2.67. The van der Waals surface area contributed by atoms with E-state index in [1.54, 1.807) is 0 Å². The lowest BCUT2D eigenvalue weighted by Crippen LogP contribution is -2.30. The average molecular weight is 400 g/mol. The Labute approximate surface area is 159 Å². The Morgan fingerprint density at radius 1 is 1.29 bits per heavy atom. The van der Waals surface area contributed by atoms with Crippen LogP contribution in [-0.2, 0) is 11.2 Å². The summed E-state index contributed by atoms with van der Waals surface area (Å²) in [5, 5.41) is 0. The molecule has 1 atom stereocenters. The summed E-state index contributed by atoms with van der Waals surface area (Å²) in [5.41, 5.74) is 5.89. The molecule has 1 aromatic heterocycles. The van der Waals surface area contributed by atoms with Crippen LogP contribution in [0.4, 0.5) is 17.6 Å². The largest absolute Gasteiger partial charge is 0.472 e. The van der Waals surface area contributed by atoms with Gasteiger partial charge >= 0.3 is 6.61 Å². The van der Waals surface area contributed by atoms with Crippen LogP contribution in [0.1, 0.15) is 36.3 Å². The van der Waals surface area contributed by atoms with Crippen LogP contribution in [0.5, 0.6) is 5.88 Å². The fourth-order valence-electron chi connectivity index (χ4n) is 2.78. The molecule has 2 heterocycles. The van der Waals surface area contributed by atoms with Gasteiger partial charge in [-0.1, -0.05) is 13.8 Å². The van der Waals surface area contributed by atoms with E-state index >= 15 is 0 Å². The van der Waals surface area contributed by atoms with Crippen molar-refractivity contribution < 1.29 is 31.8 Å². The molecule has 0 fully saturated rings. The first-order chi connectivity index (χ1) is 13.3. The Hall–Kier alpha value is -2.68. The highest BCUT2D eigenvalue weighted by Crippen LogP contribution is 2.36. The molecule has 1 aliphatic rings. The minimum absolute atomic E-state index is 0.00542. The van der Waals surface area contributed by atoms with Crippen LogP contribution in [0.15, 0.2) is 24.3 Å². The van der Waals surface area contributed by atoms with E-state index in [0.29, 0.717) is 18.4 Å². The molecule has 5 nitrogen and oxygen atoms in total. The quantitative estimate of drug-likeness (QED) is 0.768. The maximum Gasteiger partial charge on any atom is 0.345 e. The SMILES string of the molecule is CC.NC(=O)c1cc(-c2ccc(F)cc2F)c2c(n1)O[C@H](COC(F)F)CC2. The van der Waals surface area contributed by atoms with Crippen molar-refractivity contribution in [3.8, 4) is 17.0 Å². The van der Waals surface area contributed by atoms with Crippen molar-refractivity contribution >= 4 is 5.91 Å². The van der Waals surface area contributed by atoms with E-state index in [9.17, 15) is 22.4 Å². The standard InChI is InChI=1S/C17H14F4N2O3.C2H6/c18-8-1-3-10(13(19)5-8)12-6-14(15(22)24)23-16-11(12)4-2-9(26-16)7-25-17(20)21;1-2/h1,3,5-6,9,17H,2,4,7H2,(H2,22,24);1-2H3/t9-;/m0./s1. The van der Waals surface area contributed by atoms with Crippen molar-refractivity contribution in [3.63, 3.8) is 0 Å². The molecule has 152 valence electrons. The summed E-state index contributed by atoms with van der Waals surface area (Å²) in [4.78, 5) is 15.5. The van der Waals surface area contributed by atoms with Gasteiger partial charge in [-0.05, 0) is 36.6 Å². The van der Waals surface area contributed by atoms with Crippen molar-refractivity contribution in [2.75, 3.05) is 6.61 Å². The molecule has 2 N–H and O–H groups in total. The Morgan fingerprint density at radius 3 is 2.61 bits per heavy atom. The normalized spacial score (nSPS) is 15.3. The summed E-state index contributed by atoms with van der Waals surface area (Å²) in [6.07, 6.45) is -0.0455. The fraction of sp³-hybridized carbons (Fsp3) is 0.368. The smallest absolute Gasteiger partial charge is 0.345 e. The molecular formula is C19H20F4N2O3. The van der Waals surface area contributed by atoms with E-state index in [1.165, 1.54) is 12.1 Å². The van der Waals surface area contributed by atoms with Gasteiger partial charge in [0.1, 0.15) is 23.4 Å². The summed E-state index contributed by atoms with van der Waals surface area (Å²) in [5.74, 6) is -2.44. The van der Waals surface area contributed by atoms with Gasteiger partial charge in [0, 0.05) is 17.2 Å². The van der Waals surface area contributed by atoms with Crippen LogP contribution in [0.3, 0.4) is 0 Å². The highest BCUT2D eigenvalue weighted by atomic mass is 19.3. The number of rotatable bonds is 5. The van der Waals surface area contributed by atoms with Gasteiger partial charge < -0.3 is 15.2 Å². The first-order valence-electron chi connectivity index (χ1n) is 8.70. The van der Waals surface area contributed by atoms with Gasteiger partial charge in [0.05, 0.1) is 6.61 Å². The number of carbonyl (C=O) groups excluding carboxylic acids is 1. The second-order valence-electron chi connectivity index (χ2n) is 5.70. The number of primary amides is 1. The van der Waals surface area contributed by atoms with Gasteiger partial charge in [0.25, 0.3) is 5.91 Å². The molecular weight excluding hydrogens is 380 g/mol. The Balaban J connectivity index is 0.00000136. The summed E-state index contributed by atoms with van der Waals surface area (Å²) in [7, 11) is 0. The van der Waals surface area contributed by atoms with Crippen molar-refractivity contribution in [2.45, 2.75) is 39.4 Å². The lowest BCUT2D eigenvalue weighted by Gasteiger charge is -2.27. The molecule has 9 heteroatoms. The maximum absolute atomic E-state index is 14.2. The van der Waals surface area contributed by atoms with Crippen LogP contribution in [0.2, 0.25) is 0 Å². The molecule has 0 saturated heterocycles. The molecule has 28 heavy (non-hydrogen) atoms. The zero-order chi connectivity index (χ0) is 20.8. The third-order valence-electron chi connectivity index (χ3n) is 3.96. The minimum atomic E-state index is -2.94. The predicted molar refractivity (Wildman–Crippen MR) is 94.1 cm³/mol. The number of nitrogens with zero attached hydrogens (tertiary/aromatic N) is 1. The highest BCUT2D eigenvalue weighted by Gasteiger charge is 2.27. The van der Waals surface area contributed by atoms with Gasteiger partial charge in [-0.15, -0.1) is 0 Å². The number of amides is 1. The third-order valence-corrected chi connectivity index (χ3v) is 3.96. The number of benzene rings is 1. The van der Waals surface area contributed by atoms with E-state index in [0.717, 1.165) is 12.1 Å². The van der Waals surface area contributed by atoms with Gasteiger partial charge in [0.15, 0.2) is 0 Å². The molecule has 3 rings (SSSR count). The van der Waals surface area contributed by atoms with Gasteiger partial charge in [-0.2, -0.15) is 8.78 Å². The van der Waals surface area contributed by atoms with Gasteiger partial charge in [-0.25, -0.2) is 13.8 Å². The van der Waals surface area contributed by atoms with E-state index in [-0.39, 0.29) is 29.3 Å². The number of aromatic nitrogens is 1. The minimum Gasteiger partial charge on any atom is -0.472 e. The monoisotopic (exact) mass is 400 g/mol. The lowest BCUT2D eigenvalue weighted by molar-refractivity contribution is -0.146. The summed E-state index contributed by atoms with van der Waals surface area (Å²) in [6.45, 7) is 0.702. The number of halogens is 4. The molecule has 0 radical (unpaired) electrons. The number of nitrogens with two attached hydrogens (primary N) is 1. The first kappa shape index (κ1) is 21.6. The van der Waals surface area contributed by atoms with Crippen molar-refractivity contribution in [2.24, 2.45) is 5.73 Å². The Bertz CT molecular complexity index is 846. The van der Waals surface area contributed by atoms with Crippen molar-refractivity contribution in [1.29, 1.82) is 0 Å². The Morgan fingerprint density at radius 2 is 2.00 bits per heavy atom. The summed E-state index contributed by atoms with van der Waals surface area (Å²) in [6, 6.07) is 4.33. The molecule has 0 bridgehead atoms. The zero-order valence-corrected chi connectivity index (χ0v) is 15.3. The molecule has 0 aliphatic carbocycles. The second kappa shape index (κ2) is 9.50. The van der Waals surface area contributed by atoms with Crippen molar-refractivity contribution in [1.82, 2.24) is 4.98 Å². The predicted octanol–water partition coefficient (Wildman–Crippen LogP) is 4.08. The van der Waals surface area contributed by atoms with E-state index in [2.05, 4.69) is 9.72 Å². The molecule has 1 aliphatic heterocycles. The van der Waals surface area contributed by atoms with Crippen LogP contribution in [0, 0.1) is 11.6 Å². The van der Waals surface area contributed by atoms with Gasteiger partial charge in [-0.3, -0.25) is 4.79 Å². The molecule has 2 aromatic rings. The molecule has 0 saturated carbocycles. The van der Waals surface area contributed by atoms with Crippen LogP contribution in [0.25, 0.3) is 11.1 Å². The first-order valence-corrected chi connectivity index (χ1v) is 8.70. The van der Waals surface area contributed by atoms with Crippen LogP contribution < -0.4 is 10.5 Å². The summed E-state index contributed by atoms with van der Waals surface area (Å²) >= 11 is 0. The number of pyridine rings is 1. The van der Waals surface area contributed by atoms with Crippen molar-refractivity contribution in [3.05, 3.63) is 47.2 Å². The molecule has 0 unspecified atom stereocenters. The maximum atomic E-state index is 14.2. The van der Waals surface area contributed by atoms with Crippen LogP contribution >= 0.6 is 0 Å². The number of hydrogen-bond acceptors (Lipinski definition) is 4. The molecule has 0 spiro atoms. The number of alkyl halides is 2. The highest BCUT2D eigenvalue weighted by molar-refractivity contribution is 5.93. The number of ether oxygens (including phenoxy) is 2. The lowest BCUT2D eigenvalue weighted by atomic mass is 9.94. The van der Waals surface area contributed by atoms with Crippen LogP contribution in [-0.4, -0.2) is 30.2 Å². The number of hydrogen-bond donors (Lipinski definition) is 1. The van der Waals surface area contributed by atoms with E-state index < -0.39 is 30.3 Å². The van der Waals surface area contributed by atoms with Gasteiger partial charge in [0.2, 0.25) is 5.88 Å². The molecule has 1 aromatic carbocycles. The second-order valence-corrected chi connectivity index (χ2v) is 5.70. The Kier molecular flexibility index (Phi) is 7.33. The molecule has 1 amide bonds. The summed E-state index contributed by atoms with van der Waals surface area (Å²) < 4.78 is 61.5. The van der Waals surface area contributed by atoms with E-state index in [4.69, 9.17) is 10.5 Å². The number of carbonyl (C=O) groups is 1. The number of fused-ring (bicyclic) bond motifs is 1. The fourth-order valence-corrected chi connectivity index (χ4v) is 2.78. The third kappa shape index (κ3) is 4.98.